The molecule has 0 radical (unpaired) electrons. The topological polar surface area (TPSA) is 20.3 Å². The largest absolute Gasteiger partial charge is 0.312 e. The quantitative estimate of drug-likeness (QED) is 0.486. The number of thioether (sulfide) groups is 1. The standard InChI is InChI=1S/C11H13NOS2/c1-8(13)12-5-4-9-6-10(15-7-14)2-3-11(9)12/h2-3,6,14H,4-5,7H2,1H3. The fourth-order valence-electron chi connectivity index (χ4n) is 1.87. The number of benzene rings is 1. The van der Waals surface area contributed by atoms with Gasteiger partial charge < -0.3 is 4.90 Å². The van der Waals surface area contributed by atoms with Crippen molar-refractivity contribution in [1.82, 2.24) is 0 Å². The van der Waals surface area contributed by atoms with Crippen molar-refractivity contribution in [3.63, 3.8) is 0 Å². The molecular weight excluding hydrogens is 226 g/mol. The molecule has 1 heterocycles. The summed E-state index contributed by atoms with van der Waals surface area (Å²) in [5.74, 6) is 0.128. The first-order chi connectivity index (χ1) is 7.22. The van der Waals surface area contributed by atoms with Gasteiger partial charge in [-0.2, -0.15) is 12.6 Å². The first-order valence-corrected chi connectivity index (χ1v) is 6.49. The molecule has 0 atom stereocenters. The monoisotopic (exact) mass is 239 g/mol. The Morgan fingerprint density at radius 1 is 1.60 bits per heavy atom. The lowest BCUT2D eigenvalue weighted by Gasteiger charge is -2.14. The molecule has 0 fully saturated rings. The average Bonchev–Trinajstić information content (AvgIpc) is 2.61. The van der Waals surface area contributed by atoms with Crippen LogP contribution in [0.4, 0.5) is 5.69 Å². The zero-order valence-electron chi connectivity index (χ0n) is 8.56. The number of thiol groups is 1. The predicted octanol–water partition coefficient (Wildman–Crippen LogP) is 2.58. The highest BCUT2D eigenvalue weighted by molar-refractivity contribution is 8.09. The van der Waals surface area contributed by atoms with Crippen molar-refractivity contribution in [2.75, 3.05) is 16.5 Å². The summed E-state index contributed by atoms with van der Waals surface area (Å²) in [6.45, 7) is 2.44. The van der Waals surface area contributed by atoms with E-state index in [2.05, 4.69) is 24.8 Å². The number of hydrogen-bond donors (Lipinski definition) is 1. The Kier molecular flexibility index (Phi) is 3.26. The SMILES string of the molecule is CC(=O)N1CCc2cc(SCS)ccc21. The number of fused-ring (bicyclic) bond motifs is 1. The van der Waals surface area contributed by atoms with E-state index in [1.54, 1.807) is 18.7 Å². The number of nitrogens with zero attached hydrogens (tertiary/aromatic N) is 1. The van der Waals surface area contributed by atoms with Crippen LogP contribution in [0.5, 0.6) is 0 Å². The summed E-state index contributed by atoms with van der Waals surface area (Å²) in [6, 6.07) is 6.26. The molecule has 1 aliphatic heterocycles. The van der Waals surface area contributed by atoms with Gasteiger partial charge in [0.1, 0.15) is 0 Å². The van der Waals surface area contributed by atoms with Crippen molar-refractivity contribution in [2.45, 2.75) is 18.2 Å². The molecule has 1 aromatic rings. The summed E-state index contributed by atoms with van der Waals surface area (Å²) in [5, 5.41) is 0.787. The van der Waals surface area contributed by atoms with Gasteiger partial charge >= 0.3 is 0 Å². The van der Waals surface area contributed by atoms with Crippen molar-refractivity contribution in [3.8, 4) is 0 Å². The molecule has 0 unspecified atom stereocenters. The van der Waals surface area contributed by atoms with Gasteiger partial charge in [0.15, 0.2) is 0 Å². The van der Waals surface area contributed by atoms with Crippen molar-refractivity contribution >= 4 is 36.0 Å². The first-order valence-electron chi connectivity index (χ1n) is 4.87. The minimum absolute atomic E-state index is 0.128. The third-order valence-electron chi connectivity index (χ3n) is 2.56. The van der Waals surface area contributed by atoms with E-state index < -0.39 is 0 Å². The van der Waals surface area contributed by atoms with Crippen LogP contribution in [0.3, 0.4) is 0 Å². The second-order valence-corrected chi connectivity index (χ2v) is 5.28. The number of rotatable bonds is 2. The summed E-state index contributed by atoms with van der Waals surface area (Å²) < 4.78 is 0. The third kappa shape index (κ3) is 2.16. The molecule has 1 aliphatic rings. The molecule has 4 heteroatoms. The molecule has 0 aliphatic carbocycles. The van der Waals surface area contributed by atoms with Crippen LogP contribution in [-0.2, 0) is 11.2 Å². The molecule has 80 valence electrons. The van der Waals surface area contributed by atoms with Crippen LogP contribution in [0.2, 0.25) is 0 Å². The minimum atomic E-state index is 0.128. The summed E-state index contributed by atoms with van der Waals surface area (Å²) >= 11 is 5.90. The molecule has 0 N–H and O–H groups in total. The maximum atomic E-state index is 11.3. The maximum Gasteiger partial charge on any atom is 0.223 e. The van der Waals surface area contributed by atoms with Gasteiger partial charge in [-0.3, -0.25) is 4.79 Å². The van der Waals surface area contributed by atoms with Crippen LogP contribution >= 0.6 is 24.4 Å². The van der Waals surface area contributed by atoms with E-state index in [1.165, 1.54) is 10.5 Å². The van der Waals surface area contributed by atoms with Gasteiger partial charge in [-0.05, 0) is 30.2 Å². The smallest absolute Gasteiger partial charge is 0.223 e. The number of amides is 1. The number of carbonyl (C=O) groups excluding carboxylic acids is 1. The molecule has 0 bridgehead atoms. The maximum absolute atomic E-state index is 11.3. The van der Waals surface area contributed by atoms with Gasteiger partial charge in [0.2, 0.25) is 5.91 Å². The van der Waals surface area contributed by atoms with Crippen LogP contribution in [0.25, 0.3) is 0 Å². The summed E-state index contributed by atoms with van der Waals surface area (Å²) in [7, 11) is 0. The van der Waals surface area contributed by atoms with Crippen LogP contribution in [0.1, 0.15) is 12.5 Å². The van der Waals surface area contributed by atoms with Gasteiger partial charge in [-0.1, -0.05) is 0 Å². The fraction of sp³-hybridized carbons (Fsp3) is 0.364. The van der Waals surface area contributed by atoms with Gasteiger partial charge in [-0.15, -0.1) is 11.8 Å². The lowest BCUT2D eigenvalue weighted by atomic mass is 10.2. The van der Waals surface area contributed by atoms with E-state index in [4.69, 9.17) is 0 Å². The summed E-state index contributed by atoms with van der Waals surface area (Å²) in [5.41, 5.74) is 2.35. The predicted molar refractivity (Wildman–Crippen MR) is 67.9 cm³/mol. The van der Waals surface area contributed by atoms with Gasteiger partial charge in [0.05, 0.1) is 0 Å². The number of hydrogen-bond acceptors (Lipinski definition) is 3. The Hall–Kier alpha value is -0.610. The molecular formula is C11H13NOS2. The minimum Gasteiger partial charge on any atom is -0.312 e. The van der Waals surface area contributed by atoms with Crippen molar-refractivity contribution in [3.05, 3.63) is 23.8 Å². The molecule has 2 rings (SSSR count). The molecule has 2 nitrogen and oxygen atoms in total. The van der Waals surface area contributed by atoms with E-state index in [-0.39, 0.29) is 5.91 Å². The second-order valence-electron chi connectivity index (χ2n) is 3.48. The van der Waals surface area contributed by atoms with E-state index in [0.717, 1.165) is 23.7 Å². The zero-order valence-corrected chi connectivity index (χ0v) is 10.3. The molecule has 0 spiro atoms. The van der Waals surface area contributed by atoms with Crippen molar-refractivity contribution < 1.29 is 4.79 Å². The van der Waals surface area contributed by atoms with Crippen LogP contribution in [0.15, 0.2) is 23.1 Å². The summed E-state index contributed by atoms with van der Waals surface area (Å²) in [4.78, 5) is 14.4. The number of carbonyl (C=O) groups is 1. The first kappa shape index (κ1) is 10.9. The van der Waals surface area contributed by atoms with Crippen LogP contribution < -0.4 is 4.90 Å². The van der Waals surface area contributed by atoms with Crippen molar-refractivity contribution in [1.29, 1.82) is 0 Å². The van der Waals surface area contributed by atoms with Gasteiger partial charge in [-0.25, -0.2) is 0 Å². The average molecular weight is 239 g/mol. The van der Waals surface area contributed by atoms with Gasteiger partial charge in [0, 0.05) is 29.1 Å². The van der Waals surface area contributed by atoms with Gasteiger partial charge in [0.25, 0.3) is 0 Å². The Balaban J connectivity index is 2.29. The number of anilines is 1. The van der Waals surface area contributed by atoms with Crippen LogP contribution in [-0.4, -0.2) is 17.5 Å². The zero-order chi connectivity index (χ0) is 10.8. The molecule has 0 saturated heterocycles. The molecule has 1 aromatic carbocycles. The lowest BCUT2D eigenvalue weighted by Crippen LogP contribution is -2.25. The van der Waals surface area contributed by atoms with E-state index in [1.807, 2.05) is 11.0 Å². The Bertz CT molecular complexity index is 392. The lowest BCUT2D eigenvalue weighted by molar-refractivity contribution is -0.116. The van der Waals surface area contributed by atoms with E-state index in [0.29, 0.717) is 0 Å². The highest BCUT2D eigenvalue weighted by Gasteiger charge is 2.21. The summed E-state index contributed by atoms with van der Waals surface area (Å²) in [6.07, 6.45) is 0.968. The van der Waals surface area contributed by atoms with E-state index >= 15 is 0 Å². The highest BCUT2D eigenvalue weighted by Crippen LogP contribution is 2.32. The second kappa shape index (κ2) is 4.49. The Morgan fingerprint density at radius 2 is 2.40 bits per heavy atom. The van der Waals surface area contributed by atoms with Crippen LogP contribution in [0, 0.1) is 0 Å². The molecule has 1 amide bonds. The normalized spacial score (nSPS) is 14.1. The fourth-order valence-corrected chi connectivity index (χ4v) is 2.86. The molecule has 0 saturated carbocycles. The molecule has 0 aromatic heterocycles. The van der Waals surface area contributed by atoms with E-state index in [9.17, 15) is 4.79 Å². The molecule has 15 heavy (non-hydrogen) atoms. The Morgan fingerprint density at radius 3 is 3.07 bits per heavy atom. The highest BCUT2D eigenvalue weighted by atomic mass is 32.2. The Labute approximate surface area is 99.4 Å². The van der Waals surface area contributed by atoms with Crippen molar-refractivity contribution in [2.24, 2.45) is 0 Å². The third-order valence-corrected chi connectivity index (χ3v) is 3.66.